The number of hydrogen-bond acceptors (Lipinski definition) is 1. The predicted octanol–water partition coefficient (Wildman–Crippen LogP) is 2.35. The van der Waals surface area contributed by atoms with Gasteiger partial charge in [0.15, 0.2) is 0 Å². The molecule has 11 heavy (non-hydrogen) atoms. The molecule has 0 aliphatic heterocycles. The summed E-state index contributed by atoms with van der Waals surface area (Å²) in [6, 6.07) is 8.74. The van der Waals surface area contributed by atoms with Gasteiger partial charge in [0, 0.05) is 5.69 Å². The lowest BCUT2D eigenvalue weighted by Crippen LogP contribution is -2.06. The first-order chi connectivity index (χ1) is 4.79. The van der Waals surface area contributed by atoms with E-state index in [1.165, 1.54) is 0 Å². The zero-order chi connectivity index (χ0) is 7.40. The Hall–Kier alpha value is -1.03. The van der Waals surface area contributed by atoms with E-state index in [1.54, 1.807) is 24.3 Å². The van der Waals surface area contributed by atoms with Gasteiger partial charge in [-0.1, -0.05) is 18.2 Å². The van der Waals surface area contributed by atoms with E-state index < -0.39 is 6.09 Å². The fourth-order valence-electron chi connectivity index (χ4n) is 0.645. The summed E-state index contributed by atoms with van der Waals surface area (Å²) in [7, 11) is 0. The molecule has 0 unspecified atom stereocenters. The molecule has 0 heterocycles. The van der Waals surface area contributed by atoms with E-state index in [0.29, 0.717) is 5.69 Å². The summed E-state index contributed by atoms with van der Waals surface area (Å²) in [5.74, 6) is 0. The fraction of sp³-hybridized carbons (Fsp3) is 0. The van der Waals surface area contributed by atoms with Crippen LogP contribution in [0.15, 0.2) is 30.3 Å². The maximum absolute atomic E-state index is 10.1. The van der Waals surface area contributed by atoms with E-state index in [0.717, 1.165) is 0 Å². The maximum Gasteiger partial charge on any atom is 0.409 e. The number of nitrogens with one attached hydrogen (secondary N) is 1. The van der Waals surface area contributed by atoms with E-state index in [1.807, 2.05) is 6.07 Å². The van der Waals surface area contributed by atoms with Crippen molar-refractivity contribution in [2.24, 2.45) is 0 Å². The van der Waals surface area contributed by atoms with Crippen LogP contribution in [0.25, 0.3) is 0 Å². The monoisotopic (exact) mass is 217 g/mol. The molecule has 1 rings (SSSR count). The fourth-order valence-corrected chi connectivity index (χ4v) is 0.645. The van der Waals surface area contributed by atoms with Crippen LogP contribution in [-0.2, 0) is 0 Å². The van der Waals surface area contributed by atoms with Gasteiger partial charge in [0.25, 0.3) is 0 Å². The Kier molecular flexibility index (Phi) is 4.29. The van der Waals surface area contributed by atoms with Crippen LogP contribution in [0.1, 0.15) is 0 Å². The van der Waals surface area contributed by atoms with Crippen molar-refractivity contribution >= 4 is 28.8 Å². The van der Waals surface area contributed by atoms with Gasteiger partial charge in [-0.25, -0.2) is 4.79 Å². The molecule has 0 spiro atoms. The largest absolute Gasteiger partial charge is 0.465 e. The molecule has 60 valence electrons. The molecule has 1 amide bonds. The minimum Gasteiger partial charge on any atom is -0.465 e. The third kappa shape index (κ3) is 3.62. The van der Waals surface area contributed by atoms with E-state index in [-0.39, 0.29) is 17.0 Å². The number of rotatable bonds is 1. The van der Waals surface area contributed by atoms with Crippen LogP contribution < -0.4 is 5.32 Å². The number of carboxylic acid groups (broad SMARTS) is 1. The molecule has 0 fully saturated rings. The van der Waals surface area contributed by atoms with Crippen LogP contribution in [0.4, 0.5) is 10.5 Å². The first-order valence-electron chi connectivity index (χ1n) is 2.84. The highest BCUT2D eigenvalue weighted by molar-refractivity contribution is 8.93. The third-order valence-corrected chi connectivity index (χ3v) is 1.03. The van der Waals surface area contributed by atoms with Gasteiger partial charge < -0.3 is 5.11 Å². The summed E-state index contributed by atoms with van der Waals surface area (Å²) in [5.41, 5.74) is 0.593. The summed E-state index contributed by atoms with van der Waals surface area (Å²) in [6.45, 7) is 0. The molecular formula is C7H8BrNO2. The molecule has 0 atom stereocenters. The normalized spacial score (nSPS) is 8.00. The average Bonchev–Trinajstić information content (AvgIpc) is 1.88. The second kappa shape index (κ2) is 4.73. The van der Waals surface area contributed by atoms with Gasteiger partial charge in [0.2, 0.25) is 0 Å². The number of amides is 1. The minimum atomic E-state index is -1.04. The molecule has 0 aromatic heterocycles. The lowest BCUT2D eigenvalue weighted by molar-refractivity contribution is 0.210. The van der Waals surface area contributed by atoms with E-state index in [9.17, 15) is 4.79 Å². The van der Waals surface area contributed by atoms with Crippen molar-refractivity contribution in [1.82, 2.24) is 0 Å². The Balaban J connectivity index is 0.000001000. The van der Waals surface area contributed by atoms with Crippen molar-refractivity contribution in [2.75, 3.05) is 5.32 Å². The zero-order valence-corrected chi connectivity index (χ0v) is 7.36. The third-order valence-electron chi connectivity index (χ3n) is 1.03. The van der Waals surface area contributed by atoms with Crippen LogP contribution in [0, 0.1) is 0 Å². The molecule has 0 radical (unpaired) electrons. The number of halogens is 1. The van der Waals surface area contributed by atoms with Crippen molar-refractivity contribution in [3.8, 4) is 0 Å². The lowest BCUT2D eigenvalue weighted by atomic mass is 10.3. The topological polar surface area (TPSA) is 49.3 Å². The number of carbonyl (C=O) groups is 1. The molecule has 0 aliphatic rings. The van der Waals surface area contributed by atoms with Gasteiger partial charge in [0.05, 0.1) is 0 Å². The van der Waals surface area contributed by atoms with Gasteiger partial charge in [-0.2, -0.15) is 0 Å². The second-order valence-electron chi connectivity index (χ2n) is 1.80. The Morgan fingerprint density at radius 2 is 1.82 bits per heavy atom. The van der Waals surface area contributed by atoms with Gasteiger partial charge in [-0.15, -0.1) is 17.0 Å². The number of hydrogen-bond donors (Lipinski definition) is 2. The van der Waals surface area contributed by atoms with Crippen molar-refractivity contribution < 1.29 is 9.90 Å². The van der Waals surface area contributed by atoms with Gasteiger partial charge in [0.1, 0.15) is 0 Å². The number of para-hydroxylation sites is 1. The summed E-state index contributed by atoms with van der Waals surface area (Å²) < 4.78 is 0. The number of benzene rings is 1. The Labute approximate surface area is 74.8 Å². The van der Waals surface area contributed by atoms with Crippen LogP contribution in [0.3, 0.4) is 0 Å². The Morgan fingerprint density at radius 1 is 1.27 bits per heavy atom. The van der Waals surface area contributed by atoms with Crippen molar-refractivity contribution in [1.29, 1.82) is 0 Å². The SMILES string of the molecule is Br.O=C(O)Nc1ccccc1. The van der Waals surface area contributed by atoms with Crippen molar-refractivity contribution in [3.05, 3.63) is 30.3 Å². The van der Waals surface area contributed by atoms with Gasteiger partial charge >= 0.3 is 6.09 Å². The lowest BCUT2D eigenvalue weighted by Gasteiger charge is -1.96. The first-order valence-corrected chi connectivity index (χ1v) is 2.84. The molecule has 2 N–H and O–H groups in total. The molecule has 4 heteroatoms. The van der Waals surface area contributed by atoms with Crippen LogP contribution in [0.5, 0.6) is 0 Å². The molecule has 0 bridgehead atoms. The summed E-state index contributed by atoms with van der Waals surface area (Å²) >= 11 is 0. The quantitative estimate of drug-likeness (QED) is 0.759. The second-order valence-corrected chi connectivity index (χ2v) is 1.80. The molecule has 3 nitrogen and oxygen atoms in total. The maximum atomic E-state index is 10.1. The van der Waals surface area contributed by atoms with Crippen LogP contribution in [-0.4, -0.2) is 11.2 Å². The van der Waals surface area contributed by atoms with Crippen molar-refractivity contribution in [2.45, 2.75) is 0 Å². The average molecular weight is 218 g/mol. The highest BCUT2D eigenvalue weighted by Gasteiger charge is 1.92. The predicted molar refractivity (Wildman–Crippen MR) is 48.4 cm³/mol. The first kappa shape index (κ1) is 9.97. The Bertz CT molecular complexity index is 225. The van der Waals surface area contributed by atoms with Gasteiger partial charge in [-0.3, -0.25) is 5.32 Å². The molecule has 0 aliphatic carbocycles. The number of anilines is 1. The van der Waals surface area contributed by atoms with Crippen LogP contribution >= 0.6 is 17.0 Å². The summed E-state index contributed by atoms with van der Waals surface area (Å²) in [5, 5.41) is 10.5. The zero-order valence-electron chi connectivity index (χ0n) is 5.65. The van der Waals surface area contributed by atoms with Gasteiger partial charge in [-0.05, 0) is 12.1 Å². The summed E-state index contributed by atoms with van der Waals surface area (Å²) in [6.07, 6.45) is -1.04. The highest BCUT2D eigenvalue weighted by atomic mass is 79.9. The molecule has 0 saturated carbocycles. The molecule has 1 aromatic carbocycles. The highest BCUT2D eigenvalue weighted by Crippen LogP contribution is 2.03. The minimum absolute atomic E-state index is 0. The van der Waals surface area contributed by atoms with E-state index in [2.05, 4.69) is 5.32 Å². The molecule has 0 saturated heterocycles. The van der Waals surface area contributed by atoms with Crippen molar-refractivity contribution in [3.63, 3.8) is 0 Å². The standard InChI is InChI=1S/C7H7NO2.BrH/c9-7(10)8-6-4-2-1-3-5-6;/h1-5,8H,(H,9,10);1H. The van der Waals surface area contributed by atoms with E-state index >= 15 is 0 Å². The summed E-state index contributed by atoms with van der Waals surface area (Å²) in [4.78, 5) is 10.1. The smallest absolute Gasteiger partial charge is 0.409 e. The van der Waals surface area contributed by atoms with E-state index in [4.69, 9.17) is 5.11 Å². The van der Waals surface area contributed by atoms with Crippen LogP contribution in [0.2, 0.25) is 0 Å². The molecule has 1 aromatic rings. The Morgan fingerprint density at radius 3 is 2.27 bits per heavy atom. The molecular weight excluding hydrogens is 210 g/mol.